The first-order valence-corrected chi connectivity index (χ1v) is 8.55. The number of carbonyl (C=O) groups excluding carboxylic acids is 1. The molecule has 1 amide bonds. The summed E-state index contributed by atoms with van der Waals surface area (Å²) >= 11 is 0. The number of hydrogen-bond acceptors (Lipinski definition) is 4. The Morgan fingerprint density at radius 3 is 2.52 bits per heavy atom. The lowest BCUT2D eigenvalue weighted by Gasteiger charge is -2.34. The summed E-state index contributed by atoms with van der Waals surface area (Å²) in [5.74, 6) is -0.0149. The molecular formula is C20H20N2O3. The number of benzene rings is 2. The number of carbonyl (C=O) groups is 1. The van der Waals surface area contributed by atoms with E-state index in [9.17, 15) is 4.79 Å². The van der Waals surface area contributed by atoms with Crippen molar-refractivity contribution in [1.82, 2.24) is 4.90 Å². The van der Waals surface area contributed by atoms with Gasteiger partial charge in [-0.3, -0.25) is 4.79 Å². The van der Waals surface area contributed by atoms with Crippen LogP contribution >= 0.6 is 0 Å². The molecule has 4 rings (SSSR count). The molecule has 1 saturated heterocycles. The number of ether oxygens (including phenoxy) is 1. The second-order valence-electron chi connectivity index (χ2n) is 6.26. The van der Waals surface area contributed by atoms with Gasteiger partial charge in [0.05, 0.1) is 18.9 Å². The van der Waals surface area contributed by atoms with Crippen LogP contribution in [0.25, 0.3) is 0 Å². The van der Waals surface area contributed by atoms with Crippen LogP contribution in [0.3, 0.4) is 0 Å². The average molecular weight is 336 g/mol. The minimum absolute atomic E-state index is 0.0149. The Balaban J connectivity index is 1.40. The summed E-state index contributed by atoms with van der Waals surface area (Å²) in [5, 5.41) is 4.12. The van der Waals surface area contributed by atoms with E-state index in [0.717, 1.165) is 16.8 Å². The summed E-state index contributed by atoms with van der Waals surface area (Å²) in [4.78, 5) is 20.1. The molecule has 0 bridgehead atoms. The lowest BCUT2D eigenvalue weighted by Crippen LogP contribution is -2.46. The van der Waals surface area contributed by atoms with E-state index in [4.69, 9.17) is 9.57 Å². The zero-order valence-electron chi connectivity index (χ0n) is 13.9. The van der Waals surface area contributed by atoms with E-state index < -0.39 is 6.10 Å². The molecule has 0 spiro atoms. The summed E-state index contributed by atoms with van der Waals surface area (Å²) in [6.07, 6.45) is -0.115. The lowest BCUT2D eigenvalue weighted by atomic mass is 10.0. The number of rotatable bonds is 3. The largest absolute Gasteiger partial charge is 0.382 e. The highest BCUT2D eigenvalue weighted by atomic mass is 16.6. The number of nitrogens with zero attached hydrogens (tertiary/aromatic N) is 2. The normalized spacial score (nSPS) is 23.0. The van der Waals surface area contributed by atoms with Crippen molar-refractivity contribution >= 4 is 11.6 Å². The maximum absolute atomic E-state index is 12.8. The van der Waals surface area contributed by atoms with Crippen LogP contribution in [-0.4, -0.2) is 42.3 Å². The molecule has 2 aliphatic heterocycles. The SMILES string of the molecule is O=C([C@@H]1CC(c2ccccc2)=NO1)N1CCO[C@H](c2ccccc2)C1. The van der Waals surface area contributed by atoms with Crippen molar-refractivity contribution in [3.63, 3.8) is 0 Å². The smallest absolute Gasteiger partial charge is 0.267 e. The van der Waals surface area contributed by atoms with E-state index in [0.29, 0.717) is 26.1 Å². The molecule has 5 nitrogen and oxygen atoms in total. The van der Waals surface area contributed by atoms with Gasteiger partial charge in [-0.05, 0) is 11.1 Å². The van der Waals surface area contributed by atoms with Gasteiger partial charge in [-0.1, -0.05) is 65.8 Å². The van der Waals surface area contributed by atoms with Gasteiger partial charge in [0, 0.05) is 13.0 Å². The van der Waals surface area contributed by atoms with Crippen LogP contribution in [0.5, 0.6) is 0 Å². The maximum atomic E-state index is 12.8. The van der Waals surface area contributed by atoms with Gasteiger partial charge in [-0.25, -0.2) is 0 Å². The van der Waals surface area contributed by atoms with Crippen LogP contribution in [0.15, 0.2) is 65.8 Å². The molecule has 128 valence electrons. The molecular weight excluding hydrogens is 316 g/mol. The zero-order chi connectivity index (χ0) is 17.1. The van der Waals surface area contributed by atoms with Gasteiger partial charge < -0.3 is 14.5 Å². The number of morpholine rings is 1. The first kappa shape index (κ1) is 15.8. The molecule has 25 heavy (non-hydrogen) atoms. The molecule has 2 aromatic rings. The summed E-state index contributed by atoms with van der Waals surface area (Å²) in [5.41, 5.74) is 2.92. The minimum Gasteiger partial charge on any atom is -0.382 e. The standard InChI is InChI=1S/C20H20N2O3/c23-20(18-13-17(21-25-18)15-7-3-1-4-8-15)22-11-12-24-19(14-22)16-9-5-2-6-10-16/h1-10,18-19H,11-14H2/t18-,19-/m0/s1. The molecule has 1 fully saturated rings. The molecule has 0 radical (unpaired) electrons. The molecule has 2 heterocycles. The van der Waals surface area contributed by atoms with E-state index in [1.807, 2.05) is 65.6 Å². The van der Waals surface area contributed by atoms with Crippen LogP contribution in [0.4, 0.5) is 0 Å². The van der Waals surface area contributed by atoms with Gasteiger partial charge >= 0.3 is 0 Å². The molecule has 5 heteroatoms. The summed E-state index contributed by atoms with van der Waals surface area (Å²) in [6, 6.07) is 19.8. The van der Waals surface area contributed by atoms with Gasteiger partial charge in [0.1, 0.15) is 6.10 Å². The van der Waals surface area contributed by atoms with E-state index in [1.165, 1.54) is 0 Å². The molecule has 2 atom stereocenters. The zero-order valence-corrected chi connectivity index (χ0v) is 13.9. The van der Waals surface area contributed by atoms with Crippen LogP contribution in [-0.2, 0) is 14.4 Å². The molecule has 0 unspecified atom stereocenters. The van der Waals surface area contributed by atoms with Gasteiger partial charge in [-0.2, -0.15) is 0 Å². The number of hydrogen-bond donors (Lipinski definition) is 0. The van der Waals surface area contributed by atoms with Gasteiger partial charge in [0.15, 0.2) is 0 Å². The summed E-state index contributed by atoms with van der Waals surface area (Å²) in [6.45, 7) is 1.66. The predicted molar refractivity (Wildman–Crippen MR) is 94.2 cm³/mol. The Labute approximate surface area is 146 Å². The van der Waals surface area contributed by atoms with Crippen molar-refractivity contribution in [2.75, 3.05) is 19.7 Å². The van der Waals surface area contributed by atoms with Crippen molar-refractivity contribution < 1.29 is 14.4 Å². The third-order valence-corrected chi connectivity index (χ3v) is 4.60. The van der Waals surface area contributed by atoms with E-state index >= 15 is 0 Å². The molecule has 0 aliphatic carbocycles. The second-order valence-corrected chi connectivity index (χ2v) is 6.26. The minimum atomic E-state index is -0.537. The first-order valence-electron chi connectivity index (χ1n) is 8.55. The second kappa shape index (κ2) is 7.07. The first-order chi connectivity index (χ1) is 12.3. The molecule has 0 saturated carbocycles. The monoisotopic (exact) mass is 336 g/mol. The highest BCUT2D eigenvalue weighted by molar-refractivity contribution is 6.04. The van der Waals surface area contributed by atoms with Crippen molar-refractivity contribution in [3.05, 3.63) is 71.8 Å². The molecule has 2 aliphatic rings. The predicted octanol–water partition coefficient (Wildman–Crippen LogP) is 2.78. The fourth-order valence-corrected chi connectivity index (χ4v) is 3.23. The van der Waals surface area contributed by atoms with Gasteiger partial charge in [-0.15, -0.1) is 0 Å². The molecule has 0 aromatic heterocycles. The van der Waals surface area contributed by atoms with Crippen molar-refractivity contribution in [2.45, 2.75) is 18.6 Å². The Bertz CT molecular complexity index is 761. The quantitative estimate of drug-likeness (QED) is 0.866. The topological polar surface area (TPSA) is 51.1 Å². The van der Waals surface area contributed by atoms with Crippen molar-refractivity contribution in [1.29, 1.82) is 0 Å². The van der Waals surface area contributed by atoms with E-state index in [-0.39, 0.29) is 12.0 Å². The lowest BCUT2D eigenvalue weighted by molar-refractivity contribution is -0.149. The fraction of sp³-hybridized carbons (Fsp3) is 0.300. The van der Waals surface area contributed by atoms with E-state index in [1.54, 1.807) is 0 Å². The third-order valence-electron chi connectivity index (χ3n) is 4.60. The third kappa shape index (κ3) is 3.42. The van der Waals surface area contributed by atoms with Crippen LogP contribution < -0.4 is 0 Å². The van der Waals surface area contributed by atoms with Gasteiger partial charge in [0.2, 0.25) is 6.10 Å². The van der Waals surface area contributed by atoms with Gasteiger partial charge in [0.25, 0.3) is 5.91 Å². The van der Waals surface area contributed by atoms with E-state index in [2.05, 4.69) is 5.16 Å². The Morgan fingerprint density at radius 2 is 1.76 bits per heavy atom. The van der Waals surface area contributed by atoms with Crippen LogP contribution in [0.2, 0.25) is 0 Å². The highest BCUT2D eigenvalue weighted by Crippen LogP contribution is 2.24. The summed E-state index contributed by atoms with van der Waals surface area (Å²) in [7, 11) is 0. The average Bonchev–Trinajstić information content (AvgIpc) is 3.19. The highest BCUT2D eigenvalue weighted by Gasteiger charge is 2.35. The maximum Gasteiger partial charge on any atom is 0.267 e. The Kier molecular flexibility index (Phi) is 4.48. The number of amides is 1. The molecule has 0 N–H and O–H groups in total. The number of oxime groups is 1. The van der Waals surface area contributed by atoms with Crippen molar-refractivity contribution in [3.8, 4) is 0 Å². The Morgan fingerprint density at radius 1 is 1.04 bits per heavy atom. The Hall–Kier alpha value is -2.66. The molecule has 2 aromatic carbocycles. The van der Waals surface area contributed by atoms with Crippen LogP contribution in [0.1, 0.15) is 23.7 Å². The van der Waals surface area contributed by atoms with Crippen LogP contribution in [0, 0.1) is 0 Å². The summed E-state index contributed by atoms with van der Waals surface area (Å²) < 4.78 is 5.83. The van der Waals surface area contributed by atoms with Crippen molar-refractivity contribution in [2.24, 2.45) is 5.16 Å². The fourth-order valence-electron chi connectivity index (χ4n) is 3.23.